The molecule has 5 nitrogen and oxygen atoms in total. The molecule has 2 amide bonds. The average Bonchev–Trinajstić information content (AvgIpc) is 2.19. The number of amides is 2. The van der Waals surface area contributed by atoms with Gasteiger partial charge in [0.15, 0.2) is 0 Å². The number of carbonyl (C=O) groups excluding carboxylic acids is 1. The molecule has 5 heteroatoms. The fraction of sp³-hybridized carbons (Fsp3) is 0.889. The molecule has 0 aromatic rings. The predicted octanol–water partition coefficient (Wildman–Crippen LogP) is 0.0631. The number of hydrogen-bond donors (Lipinski definition) is 1. The predicted molar refractivity (Wildman–Crippen MR) is 52.3 cm³/mol. The molecule has 1 heterocycles. The highest BCUT2D eigenvalue weighted by Crippen LogP contribution is 1.97. The van der Waals surface area contributed by atoms with E-state index < -0.39 is 0 Å². The van der Waals surface area contributed by atoms with Gasteiger partial charge in [0.25, 0.3) is 0 Å². The van der Waals surface area contributed by atoms with Crippen LogP contribution < -0.4 is 5.32 Å². The van der Waals surface area contributed by atoms with Crippen molar-refractivity contribution in [3.05, 3.63) is 0 Å². The number of urea groups is 1. The summed E-state index contributed by atoms with van der Waals surface area (Å²) >= 11 is 0. The maximum absolute atomic E-state index is 11.6. The number of nitrogens with one attached hydrogen (secondary N) is 1. The van der Waals surface area contributed by atoms with E-state index in [1.165, 1.54) is 0 Å². The highest BCUT2D eigenvalue weighted by atomic mass is 16.5. The first-order chi connectivity index (χ1) is 6.74. The topological polar surface area (TPSA) is 50.8 Å². The molecule has 1 fully saturated rings. The fourth-order valence-electron chi connectivity index (χ4n) is 1.36. The van der Waals surface area contributed by atoms with Gasteiger partial charge in [-0.25, -0.2) is 4.79 Å². The molecular formula is C9H18N2O3. The first kappa shape index (κ1) is 11.3. The van der Waals surface area contributed by atoms with Gasteiger partial charge in [0.1, 0.15) is 0 Å². The molecule has 0 unspecified atom stereocenters. The molecule has 1 saturated heterocycles. The van der Waals surface area contributed by atoms with Gasteiger partial charge in [-0.3, -0.25) is 0 Å². The second kappa shape index (κ2) is 5.82. The number of methoxy groups -OCH3 is 1. The van der Waals surface area contributed by atoms with Crippen LogP contribution in [-0.4, -0.2) is 57.0 Å². The normalized spacial score (nSPS) is 19.1. The third kappa shape index (κ3) is 3.51. The molecule has 14 heavy (non-hydrogen) atoms. The van der Waals surface area contributed by atoms with Crippen LogP contribution in [0.3, 0.4) is 0 Å². The van der Waals surface area contributed by atoms with Crippen LogP contribution in [0.2, 0.25) is 0 Å². The van der Waals surface area contributed by atoms with E-state index in [9.17, 15) is 4.79 Å². The number of morpholine rings is 1. The lowest BCUT2D eigenvalue weighted by Gasteiger charge is -2.28. The van der Waals surface area contributed by atoms with Gasteiger partial charge in [-0.15, -0.1) is 0 Å². The highest BCUT2D eigenvalue weighted by molar-refractivity contribution is 5.74. The largest absolute Gasteiger partial charge is 0.383 e. The second-order valence-electron chi connectivity index (χ2n) is 3.41. The summed E-state index contributed by atoms with van der Waals surface area (Å²) in [5.41, 5.74) is 0. The van der Waals surface area contributed by atoms with Crippen LogP contribution in [0.1, 0.15) is 6.92 Å². The van der Waals surface area contributed by atoms with Crippen molar-refractivity contribution in [2.75, 3.05) is 40.0 Å². The van der Waals surface area contributed by atoms with Crippen LogP contribution in [0.4, 0.5) is 4.79 Å². The molecule has 0 saturated carbocycles. The molecule has 0 aromatic carbocycles. The monoisotopic (exact) mass is 202 g/mol. The van der Waals surface area contributed by atoms with Crippen molar-refractivity contribution >= 4 is 6.03 Å². The molecule has 1 aliphatic heterocycles. The Morgan fingerprint density at radius 3 is 2.79 bits per heavy atom. The Labute approximate surface area is 84.4 Å². The summed E-state index contributed by atoms with van der Waals surface area (Å²) in [6, 6.07) is 0.0215. The zero-order valence-electron chi connectivity index (χ0n) is 8.78. The van der Waals surface area contributed by atoms with E-state index in [1.54, 1.807) is 12.0 Å². The minimum atomic E-state index is -0.0298. The van der Waals surface area contributed by atoms with Gasteiger partial charge in [-0.1, -0.05) is 0 Å². The van der Waals surface area contributed by atoms with Crippen molar-refractivity contribution in [1.82, 2.24) is 10.2 Å². The third-order valence-corrected chi connectivity index (χ3v) is 2.08. The number of hydrogen-bond acceptors (Lipinski definition) is 3. The summed E-state index contributed by atoms with van der Waals surface area (Å²) in [6.07, 6.45) is 0. The van der Waals surface area contributed by atoms with Gasteiger partial charge >= 0.3 is 6.03 Å². The van der Waals surface area contributed by atoms with Crippen LogP contribution in [-0.2, 0) is 9.47 Å². The van der Waals surface area contributed by atoms with Gasteiger partial charge in [0, 0.05) is 20.2 Å². The van der Waals surface area contributed by atoms with Crippen LogP contribution in [0.15, 0.2) is 0 Å². The number of carbonyl (C=O) groups is 1. The van der Waals surface area contributed by atoms with E-state index in [4.69, 9.17) is 9.47 Å². The van der Waals surface area contributed by atoms with Crippen molar-refractivity contribution in [2.24, 2.45) is 0 Å². The molecular weight excluding hydrogens is 184 g/mol. The summed E-state index contributed by atoms with van der Waals surface area (Å²) < 4.78 is 10.1. The summed E-state index contributed by atoms with van der Waals surface area (Å²) in [7, 11) is 1.62. The lowest BCUT2D eigenvalue weighted by Crippen LogP contribution is -2.49. The standard InChI is InChI=1S/C9H18N2O3/c1-8(7-13-2)10-9(12)11-3-5-14-6-4-11/h8H,3-7H2,1-2H3,(H,10,12)/t8-/m1/s1. The van der Waals surface area contributed by atoms with E-state index in [0.29, 0.717) is 32.9 Å². The van der Waals surface area contributed by atoms with Crippen molar-refractivity contribution in [1.29, 1.82) is 0 Å². The summed E-state index contributed by atoms with van der Waals surface area (Å²) in [4.78, 5) is 13.3. The molecule has 1 aliphatic rings. The molecule has 0 bridgehead atoms. The Hall–Kier alpha value is -0.810. The number of rotatable bonds is 3. The zero-order valence-corrected chi connectivity index (χ0v) is 8.78. The van der Waals surface area contributed by atoms with Gasteiger partial charge in [0.05, 0.1) is 25.9 Å². The van der Waals surface area contributed by atoms with Gasteiger partial charge in [-0.05, 0) is 6.92 Å². The first-order valence-corrected chi connectivity index (χ1v) is 4.86. The minimum absolute atomic E-state index is 0.0298. The van der Waals surface area contributed by atoms with E-state index in [0.717, 1.165) is 0 Å². The Morgan fingerprint density at radius 1 is 1.57 bits per heavy atom. The Kier molecular flexibility index (Phi) is 4.69. The maximum Gasteiger partial charge on any atom is 0.317 e. The summed E-state index contributed by atoms with van der Waals surface area (Å²) in [5, 5.41) is 2.86. The molecule has 0 spiro atoms. The fourth-order valence-corrected chi connectivity index (χ4v) is 1.36. The molecule has 1 rings (SSSR count). The van der Waals surface area contributed by atoms with Gasteiger partial charge in [0.2, 0.25) is 0 Å². The highest BCUT2D eigenvalue weighted by Gasteiger charge is 2.17. The van der Waals surface area contributed by atoms with Gasteiger partial charge in [-0.2, -0.15) is 0 Å². The minimum Gasteiger partial charge on any atom is -0.383 e. The lowest BCUT2D eigenvalue weighted by atomic mass is 10.3. The summed E-state index contributed by atoms with van der Waals surface area (Å²) in [5.74, 6) is 0. The van der Waals surface area contributed by atoms with E-state index in [1.807, 2.05) is 6.92 Å². The Balaban J connectivity index is 2.25. The van der Waals surface area contributed by atoms with E-state index in [2.05, 4.69) is 5.32 Å². The lowest BCUT2D eigenvalue weighted by molar-refractivity contribution is 0.0516. The van der Waals surface area contributed by atoms with Gasteiger partial charge < -0.3 is 19.7 Å². The Bertz CT molecular complexity index is 181. The quantitative estimate of drug-likeness (QED) is 0.704. The molecule has 82 valence electrons. The molecule has 0 aromatic heterocycles. The second-order valence-corrected chi connectivity index (χ2v) is 3.41. The van der Waals surface area contributed by atoms with Crippen LogP contribution in [0.25, 0.3) is 0 Å². The van der Waals surface area contributed by atoms with Crippen molar-refractivity contribution in [3.8, 4) is 0 Å². The first-order valence-electron chi connectivity index (χ1n) is 4.86. The third-order valence-electron chi connectivity index (χ3n) is 2.08. The SMILES string of the molecule is COC[C@@H](C)NC(=O)N1CCOCC1. The van der Waals surface area contributed by atoms with E-state index >= 15 is 0 Å². The van der Waals surface area contributed by atoms with Crippen LogP contribution in [0, 0.1) is 0 Å². The average molecular weight is 202 g/mol. The zero-order chi connectivity index (χ0) is 10.4. The molecule has 1 atom stereocenters. The van der Waals surface area contributed by atoms with Crippen LogP contribution >= 0.6 is 0 Å². The smallest absolute Gasteiger partial charge is 0.317 e. The molecule has 0 aliphatic carbocycles. The van der Waals surface area contributed by atoms with Crippen molar-refractivity contribution in [2.45, 2.75) is 13.0 Å². The number of nitrogens with zero attached hydrogens (tertiary/aromatic N) is 1. The summed E-state index contributed by atoms with van der Waals surface area (Å²) in [6.45, 7) is 5.06. The van der Waals surface area contributed by atoms with E-state index in [-0.39, 0.29) is 12.1 Å². The maximum atomic E-state index is 11.6. The van der Waals surface area contributed by atoms with Crippen molar-refractivity contribution in [3.63, 3.8) is 0 Å². The Morgan fingerprint density at radius 2 is 2.21 bits per heavy atom. The number of ether oxygens (including phenoxy) is 2. The van der Waals surface area contributed by atoms with Crippen molar-refractivity contribution < 1.29 is 14.3 Å². The van der Waals surface area contributed by atoms with Crippen LogP contribution in [0.5, 0.6) is 0 Å². The molecule has 1 N–H and O–H groups in total. The molecule has 0 radical (unpaired) electrons.